The van der Waals surface area contributed by atoms with Crippen molar-refractivity contribution in [2.45, 2.75) is 56.5 Å². The Morgan fingerprint density at radius 3 is 2.47 bits per heavy atom. The normalized spacial score (nSPS) is 34.7. The van der Waals surface area contributed by atoms with Gasteiger partial charge in [-0.3, -0.25) is 14.5 Å². The molecule has 1 spiro atoms. The van der Waals surface area contributed by atoms with Gasteiger partial charge in [-0.25, -0.2) is 17.7 Å². The van der Waals surface area contributed by atoms with Gasteiger partial charge in [-0.15, -0.1) is 0 Å². The zero-order chi connectivity index (χ0) is 22.3. The van der Waals surface area contributed by atoms with Crippen LogP contribution in [0, 0.1) is 11.3 Å². The molecule has 1 aromatic rings. The summed E-state index contributed by atoms with van der Waals surface area (Å²) in [6.07, 6.45) is 8.13. The zero-order valence-electron chi connectivity index (χ0n) is 18.1. The molecule has 0 unspecified atom stereocenters. The minimum absolute atomic E-state index is 0.0701. The third-order valence-electron chi connectivity index (χ3n) is 8.17. The molecule has 10 nitrogen and oxygen atoms in total. The van der Waals surface area contributed by atoms with E-state index >= 15 is 0 Å². The highest BCUT2D eigenvalue weighted by atomic mass is 32.2. The van der Waals surface area contributed by atoms with E-state index in [0.29, 0.717) is 63.0 Å². The van der Waals surface area contributed by atoms with E-state index in [2.05, 4.69) is 15.6 Å². The van der Waals surface area contributed by atoms with Gasteiger partial charge in [0.2, 0.25) is 27.8 Å². The number of fused-ring (bicyclic) bond motifs is 1. The van der Waals surface area contributed by atoms with Gasteiger partial charge in [-0.05, 0) is 44.4 Å². The topological polar surface area (TPSA) is 125 Å². The van der Waals surface area contributed by atoms with Crippen LogP contribution in [0.3, 0.4) is 0 Å². The largest absolute Gasteiger partial charge is 0.355 e. The summed E-state index contributed by atoms with van der Waals surface area (Å²) < 4.78 is 25.0. The zero-order valence-corrected chi connectivity index (χ0v) is 18.9. The van der Waals surface area contributed by atoms with Crippen LogP contribution >= 0.6 is 0 Å². The lowest BCUT2D eigenvalue weighted by molar-refractivity contribution is -0.144. The first kappa shape index (κ1) is 20.3. The Bertz CT molecular complexity index is 1100. The molecule has 32 heavy (non-hydrogen) atoms. The standard InChI is InChI=1S/C21H28N6O4S/c1-32(30,31)26-6-2-15(3-7-26)24-19-23-12-14-11-21(4-5-22-17(21)28)18(29)27(16(14)25-19)20-8-13(9-20)10-20/h12-13,15H,2-11H2,1H3,(H,22,28)(H,23,24,25)/t13?,20?,21-/m1/s1. The van der Waals surface area contributed by atoms with E-state index in [4.69, 9.17) is 4.98 Å². The summed E-state index contributed by atoms with van der Waals surface area (Å²) in [5.74, 6) is 1.50. The number of nitrogens with zero attached hydrogens (tertiary/aromatic N) is 4. The molecule has 2 bridgehead atoms. The predicted molar refractivity (Wildman–Crippen MR) is 116 cm³/mol. The summed E-state index contributed by atoms with van der Waals surface area (Å²) in [6.45, 7) is 1.46. The van der Waals surface area contributed by atoms with Crippen LogP contribution in [0.1, 0.15) is 44.1 Å². The molecule has 0 radical (unpaired) electrons. The van der Waals surface area contributed by atoms with Crippen LogP contribution in [0.25, 0.3) is 0 Å². The van der Waals surface area contributed by atoms with Crippen LogP contribution in [0.5, 0.6) is 0 Å². The van der Waals surface area contributed by atoms with Crippen LogP contribution < -0.4 is 15.5 Å². The summed E-state index contributed by atoms with van der Waals surface area (Å²) in [5.41, 5.74) is -0.373. The van der Waals surface area contributed by atoms with Gasteiger partial charge in [0, 0.05) is 43.9 Å². The number of rotatable bonds is 4. The van der Waals surface area contributed by atoms with E-state index in [-0.39, 0.29) is 23.4 Å². The lowest BCUT2D eigenvalue weighted by Gasteiger charge is -2.67. The molecular weight excluding hydrogens is 432 g/mol. The average molecular weight is 461 g/mol. The van der Waals surface area contributed by atoms with Crippen LogP contribution in [-0.4, -0.2) is 72.0 Å². The summed E-state index contributed by atoms with van der Waals surface area (Å²) in [6, 6.07) is 0.0701. The molecule has 0 aromatic carbocycles. The number of carbonyl (C=O) groups is 2. The molecule has 7 rings (SSSR count). The third kappa shape index (κ3) is 2.83. The maximum absolute atomic E-state index is 13.7. The van der Waals surface area contributed by atoms with Gasteiger partial charge in [0.25, 0.3) is 0 Å². The third-order valence-corrected chi connectivity index (χ3v) is 9.47. The summed E-state index contributed by atoms with van der Waals surface area (Å²) in [5, 5.41) is 6.20. The predicted octanol–water partition coefficient (Wildman–Crippen LogP) is 0.260. The second kappa shape index (κ2) is 6.63. The van der Waals surface area contributed by atoms with Crippen molar-refractivity contribution in [3.05, 3.63) is 11.8 Å². The van der Waals surface area contributed by atoms with Crippen molar-refractivity contribution in [2.24, 2.45) is 11.3 Å². The van der Waals surface area contributed by atoms with E-state index in [1.165, 1.54) is 10.6 Å². The Morgan fingerprint density at radius 2 is 1.91 bits per heavy atom. The van der Waals surface area contributed by atoms with Crippen LogP contribution in [0.4, 0.5) is 11.8 Å². The van der Waals surface area contributed by atoms with Gasteiger partial charge in [-0.1, -0.05) is 0 Å². The fourth-order valence-electron chi connectivity index (χ4n) is 6.20. The molecule has 172 valence electrons. The number of piperidine rings is 1. The molecule has 2 amide bonds. The van der Waals surface area contributed by atoms with Gasteiger partial charge >= 0.3 is 0 Å². The number of hydrogen-bond acceptors (Lipinski definition) is 7. The van der Waals surface area contributed by atoms with Gasteiger partial charge in [0.15, 0.2) is 0 Å². The molecule has 5 fully saturated rings. The fourth-order valence-corrected chi connectivity index (χ4v) is 7.08. The first-order valence-electron chi connectivity index (χ1n) is 11.4. The molecule has 4 heterocycles. The van der Waals surface area contributed by atoms with Crippen molar-refractivity contribution in [3.8, 4) is 0 Å². The summed E-state index contributed by atoms with van der Waals surface area (Å²) in [4.78, 5) is 37.6. The number of carbonyl (C=O) groups excluding carboxylic acids is 2. The number of hydrogen-bond donors (Lipinski definition) is 2. The van der Waals surface area contributed by atoms with Gasteiger partial charge in [0.05, 0.1) is 11.8 Å². The van der Waals surface area contributed by atoms with Crippen molar-refractivity contribution >= 4 is 33.6 Å². The molecular formula is C21H28N6O4S. The lowest BCUT2D eigenvalue weighted by atomic mass is 9.48. The molecule has 3 aliphatic carbocycles. The maximum atomic E-state index is 13.7. The minimum atomic E-state index is -3.17. The highest BCUT2D eigenvalue weighted by Gasteiger charge is 2.67. The second-order valence-corrected chi connectivity index (χ2v) is 12.2. The van der Waals surface area contributed by atoms with Gasteiger partial charge in [-0.2, -0.15) is 4.98 Å². The Labute approximate surface area is 187 Å². The Balaban J connectivity index is 1.28. The average Bonchev–Trinajstić information content (AvgIpc) is 3.04. The number of nitrogens with one attached hydrogen (secondary N) is 2. The number of sulfonamides is 1. The van der Waals surface area contributed by atoms with E-state index < -0.39 is 15.4 Å². The van der Waals surface area contributed by atoms with E-state index in [9.17, 15) is 18.0 Å². The highest BCUT2D eigenvalue weighted by Crippen LogP contribution is 2.63. The quantitative estimate of drug-likeness (QED) is 0.618. The molecule has 2 N–H and O–H groups in total. The monoisotopic (exact) mass is 460 g/mol. The first-order valence-corrected chi connectivity index (χ1v) is 13.3. The minimum Gasteiger partial charge on any atom is -0.355 e. The summed E-state index contributed by atoms with van der Waals surface area (Å²) in [7, 11) is -3.17. The number of anilines is 2. The molecule has 1 atom stereocenters. The summed E-state index contributed by atoms with van der Waals surface area (Å²) >= 11 is 0. The van der Waals surface area contributed by atoms with Crippen molar-refractivity contribution in [3.63, 3.8) is 0 Å². The first-order chi connectivity index (χ1) is 15.2. The highest BCUT2D eigenvalue weighted by molar-refractivity contribution is 7.88. The number of amides is 2. The molecule has 1 aromatic heterocycles. The van der Waals surface area contributed by atoms with Crippen molar-refractivity contribution < 1.29 is 18.0 Å². The second-order valence-electron chi connectivity index (χ2n) is 10.2. The van der Waals surface area contributed by atoms with Crippen LogP contribution in [0.15, 0.2) is 6.20 Å². The molecule has 2 saturated heterocycles. The van der Waals surface area contributed by atoms with Crippen LogP contribution in [0.2, 0.25) is 0 Å². The van der Waals surface area contributed by atoms with E-state index in [1.807, 2.05) is 4.90 Å². The molecule has 11 heteroatoms. The molecule has 3 saturated carbocycles. The van der Waals surface area contributed by atoms with Gasteiger partial charge < -0.3 is 10.6 Å². The SMILES string of the molecule is CS(=O)(=O)N1CCC(Nc2ncc3c(n2)N(C24CC(C2)C4)C(=O)[C@]2(CCNC2=O)C3)CC1. The fraction of sp³-hybridized carbons (Fsp3) is 0.714. The van der Waals surface area contributed by atoms with E-state index in [1.54, 1.807) is 6.20 Å². The maximum Gasteiger partial charge on any atom is 0.244 e. The van der Waals surface area contributed by atoms with E-state index in [0.717, 1.165) is 24.8 Å². The molecule has 3 aliphatic heterocycles. The molecule has 6 aliphatic rings. The van der Waals surface area contributed by atoms with Crippen molar-refractivity contribution in [2.75, 3.05) is 36.1 Å². The Kier molecular flexibility index (Phi) is 4.21. The van der Waals surface area contributed by atoms with Gasteiger partial charge in [0.1, 0.15) is 11.2 Å². The van der Waals surface area contributed by atoms with Crippen LogP contribution in [-0.2, 0) is 26.0 Å². The lowest BCUT2D eigenvalue weighted by Crippen LogP contribution is -2.73. The Hall–Kier alpha value is -2.27. The van der Waals surface area contributed by atoms with Crippen molar-refractivity contribution in [1.82, 2.24) is 19.6 Å². The Morgan fingerprint density at radius 1 is 1.19 bits per heavy atom. The smallest absolute Gasteiger partial charge is 0.244 e. The number of aromatic nitrogens is 2. The van der Waals surface area contributed by atoms with Crippen molar-refractivity contribution in [1.29, 1.82) is 0 Å².